The number of carbonyl (C=O) groups is 5. The Morgan fingerprint density at radius 2 is 1.43 bits per heavy atom. The third-order valence-electron chi connectivity index (χ3n) is 5.40. The molecule has 13 nitrogen and oxygen atoms in total. The molecule has 35 heavy (non-hydrogen) atoms. The maximum atomic E-state index is 12.7. The summed E-state index contributed by atoms with van der Waals surface area (Å²) in [5, 5.41) is 35.1. The molecule has 0 aliphatic carbocycles. The van der Waals surface area contributed by atoms with Crippen LogP contribution in [0.1, 0.15) is 32.3 Å². The molecule has 0 aliphatic heterocycles. The molecule has 4 amide bonds. The monoisotopic (exact) mass is 495 g/mol. The number of aliphatic hydroxyl groups excluding tert-OH is 1. The number of amides is 4. The number of primary amides is 1. The summed E-state index contributed by atoms with van der Waals surface area (Å²) in [6, 6.07) is 0.218. The number of carboxylic acid groups (broad SMARTS) is 1. The van der Waals surface area contributed by atoms with E-state index in [4.69, 9.17) is 11.5 Å². The highest BCUT2D eigenvalue weighted by Gasteiger charge is 2.31. The van der Waals surface area contributed by atoms with Crippen molar-refractivity contribution in [2.45, 2.75) is 57.3 Å². The molecule has 1 aromatic rings. The number of aromatic hydroxyl groups is 1. The van der Waals surface area contributed by atoms with Crippen LogP contribution in [-0.4, -0.2) is 75.7 Å². The highest BCUT2D eigenvalue weighted by Crippen LogP contribution is 2.12. The molecule has 0 saturated heterocycles. The van der Waals surface area contributed by atoms with Gasteiger partial charge >= 0.3 is 5.97 Å². The molecule has 0 aliphatic rings. The Morgan fingerprint density at radius 3 is 1.91 bits per heavy atom. The van der Waals surface area contributed by atoms with Gasteiger partial charge in [0.15, 0.2) is 0 Å². The number of phenols is 1. The van der Waals surface area contributed by atoms with Gasteiger partial charge in [0.05, 0.1) is 19.1 Å². The highest BCUT2D eigenvalue weighted by atomic mass is 16.4. The van der Waals surface area contributed by atoms with Crippen LogP contribution in [0.15, 0.2) is 24.3 Å². The van der Waals surface area contributed by atoms with Gasteiger partial charge < -0.3 is 42.7 Å². The van der Waals surface area contributed by atoms with E-state index in [9.17, 15) is 39.3 Å². The summed E-state index contributed by atoms with van der Waals surface area (Å²) < 4.78 is 0. The first-order valence-corrected chi connectivity index (χ1v) is 11.0. The first-order valence-electron chi connectivity index (χ1n) is 11.0. The van der Waals surface area contributed by atoms with Gasteiger partial charge in [-0.15, -0.1) is 0 Å². The summed E-state index contributed by atoms with van der Waals surface area (Å²) in [6.07, 6.45) is -0.219. The quantitative estimate of drug-likeness (QED) is 0.138. The molecule has 0 heterocycles. The number of carbonyl (C=O) groups excluding carboxylic acids is 4. The molecule has 1 aromatic carbocycles. The second-order valence-corrected chi connectivity index (χ2v) is 8.16. The number of hydrogen-bond acceptors (Lipinski definition) is 8. The van der Waals surface area contributed by atoms with E-state index < -0.39 is 66.8 Å². The predicted octanol–water partition coefficient (Wildman–Crippen LogP) is -2.29. The van der Waals surface area contributed by atoms with Crippen LogP contribution >= 0.6 is 0 Å². The van der Waals surface area contributed by atoms with Gasteiger partial charge in [0.25, 0.3) is 0 Å². The normalized spacial score (nSPS) is 15.1. The minimum Gasteiger partial charge on any atom is -0.508 e. The van der Waals surface area contributed by atoms with Crippen molar-refractivity contribution in [1.29, 1.82) is 0 Å². The average molecular weight is 496 g/mol. The fraction of sp³-hybridized carbons (Fsp3) is 0.500. The summed E-state index contributed by atoms with van der Waals surface area (Å²) in [7, 11) is 0. The van der Waals surface area contributed by atoms with Crippen LogP contribution in [0.2, 0.25) is 0 Å². The maximum absolute atomic E-state index is 12.7. The van der Waals surface area contributed by atoms with Gasteiger partial charge in [-0.05, 0) is 23.6 Å². The van der Waals surface area contributed by atoms with Crippen LogP contribution < -0.4 is 27.4 Å². The molecule has 5 unspecified atom stereocenters. The minimum atomic E-state index is -1.57. The van der Waals surface area contributed by atoms with Crippen molar-refractivity contribution in [3.63, 3.8) is 0 Å². The maximum Gasteiger partial charge on any atom is 0.326 e. The largest absolute Gasteiger partial charge is 0.508 e. The molecule has 0 fully saturated rings. The predicted molar refractivity (Wildman–Crippen MR) is 124 cm³/mol. The van der Waals surface area contributed by atoms with E-state index in [0.29, 0.717) is 12.0 Å². The summed E-state index contributed by atoms with van der Waals surface area (Å²) in [4.78, 5) is 60.7. The van der Waals surface area contributed by atoms with Crippen LogP contribution in [0.4, 0.5) is 0 Å². The molecule has 0 radical (unpaired) electrons. The molecule has 5 atom stereocenters. The van der Waals surface area contributed by atoms with Gasteiger partial charge in [0, 0.05) is 6.42 Å². The first-order chi connectivity index (χ1) is 16.4. The Labute approximate surface area is 202 Å². The number of aliphatic hydroxyl groups is 1. The molecular formula is C22H33N5O8. The van der Waals surface area contributed by atoms with E-state index in [-0.39, 0.29) is 18.1 Å². The number of carboxylic acids is 1. The van der Waals surface area contributed by atoms with E-state index in [1.165, 1.54) is 24.3 Å². The zero-order valence-corrected chi connectivity index (χ0v) is 19.6. The molecular weight excluding hydrogens is 462 g/mol. The fourth-order valence-corrected chi connectivity index (χ4v) is 3.00. The van der Waals surface area contributed by atoms with Crippen LogP contribution in [0.3, 0.4) is 0 Å². The smallest absolute Gasteiger partial charge is 0.326 e. The van der Waals surface area contributed by atoms with Crippen molar-refractivity contribution < 1.29 is 39.3 Å². The van der Waals surface area contributed by atoms with Gasteiger partial charge in [-0.3, -0.25) is 19.2 Å². The lowest BCUT2D eigenvalue weighted by molar-refractivity contribution is -0.142. The second kappa shape index (κ2) is 13.9. The van der Waals surface area contributed by atoms with Gasteiger partial charge in [-0.25, -0.2) is 4.79 Å². The summed E-state index contributed by atoms with van der Waals surface area (Å²) in [5.74, 6) is -5.26. The second-order valence-electron chi connectivity index (χ2n) is 8.16. The molecule has 0 saturated carbocycles. The number of hydrogen-bond donors (Lipinski definition) is 8. The van der Waals surface area contributed by atoms with Crippen LogP contribution in [0, 0.1) is 5.92 Å². The zero-order chi connectivity index (χ0) is 26.7. The number of phenolic OH excluding ortho intramolecular Hbond substituents is 1. The van der Waals surface area contributed by atoms with Gasteiger partial charge in [0.2, 0.25) is 23.6 Å². The van der Waals surface area contributed by atoms with Crippen molar-refractivity contribution in [1.82, 2.24) is 16.0 Å². The highest BCUT2D eigenvalue weighted by molar-refractivity contribution is 5.96. The lowest BCUT2D eigenvalue weighted by Crippen LogP contribution is -2.59. The molecule has 0 bridgehead atoms. The van der Waals surface area contributed by atoms with Crippen molar-refractivity contribution in [2.24, 2.45) is 17.4 Å². The van der Waals surface area contributed by atoms with Gasteiger partial charge in [0.1, 0.15) is 23.9 Å². The Bertz CT molecular complexity index is 908. The van der Waals surface area contributed by atoms with Crippen molar-refractivity contribution in [2.75, 3.05) is 6.61 Å². The zero-order valence-electron chi connectivity index (χ0n) is 19.6. The number of benzene rings is 1. The van der Waals surface area contributed by atoms with E-state index in [1.807, 2.05) is 6.92 Å². The lowest BCUT2D eigenvalue weighted by Gasteiger charge is -2.25. The Hall–Kier alpha value is -3.71. The molecule has 0 aromatic heterocycles. The van der Waals surface area contributed by atoms with Crippen LogP contribution in [-0.2, 0) is 30.4 Å². The van der Waals surface area contributed by atoms with E-state index >= 15 is 0 Å². The molecule has 13 heteroatoms. The molecule has 1 rings (SSSR count). The lowest BCUT2D eigenvalue weighted by atomic mass is 9.99. The van der Waals surface area contributed by atoms with Crippen LogP contribution in [0.25, 0.3) is 0 Å². The number of rotatable bonds is 14. The van der Waals surface area contributed by atoms with Gasteiger partial charge in [-0.2, -0.15) is 0 Å². The number of aliphatic carboxylic acids is 1. The standard InChI is InChI=1S/C22H33N5O8/c1-3-11(2)18(24)21(33)27-16(10-28)20(32)25-14(9-17(23)30)19(31)26-15(22(34)35)8-12-4-6-13(29)7-5-12/h4-7,11,14-16,18,28-29H,3,8-10,24H2,1-2H3,(H2,23,30)(H,25,32)(H,26,31)(H,27,33)(H,34,35). The van der Waals surface area contributed by atoms with E-state index in [0.717, 1.165) is 0 Å². The first kappa shape index (κ1) is 29.3. The third kappa shape index (κ3) is 9.59. The van der Waals surface area contributed by atoms with Crippen LogP contribution in [0.5, 0.6) is 5.75 Å². The number of nitrogens with one attached hydrogen (secondary N) is 3. The Kier molecular flexibility index (Phi) is 11.6. The van der Waals surface area contributed by atoms with E-state index in [1.54, 1.807) is 6.92 Å². The Morgan fingerprint density at radius 1 is 0.914 bits per heavy atom. The van der Waals surface area contributed by atoms with Crippen molar-refractivity contribution in [3.8, 4) is 5.75 Å². The summed E-state index contributed by atoms with van der Waals surface area (Å²) in [5.41, 5.74) is 11.5. The third-order valence-corrected chi connectivity index (χ3v) is 5.40. The van der Waals surface area contributed by atoms with Gasteiger partial charge in [-0.1, -0.05) is 32.4 Å². The molecule has 0 spiro atoms. The van der Waals surface area contributed by atoms with Crippen molar-refractivity contribution in [3.05, 3.63) is 29.8 Å². The fourth-order valence-electron chi connectivity index (χ4n) is 3.00. The SMILES string of the molecule is CCC(C)C(N)C(=O)NC(CO)C(=O)NC(CC(N)=O)C(=O)NC(Cc1ccc(O)cc1)C(=O)O. The average Bonchev–Trinajstić information content (AvgIpc) is 2.81. The minimum absolute atomic E-state index is 0.0236. The topological polar surface area (TPSA) is 234 Å². The molecule has 194 valence electrons. The van der Waals surface area contributed by atoms with E-state index in [2.05, 4.69) is 16.0 Å². The molecule has 10 N–H and O–H groups in total. The van der Waals surface area contributed by atoms with Crippen molar-refractivity contribution >= 4 is 29.6 Å². The summed E-state index contributed by atoms with van der Waals surface area (Å²) >= 11 is 0. The Balaban J connectivity index is 2.94. The summed E-state index contributed by atoms with van der Waals surface area (Å²) in [6.45, 7) is 2.74. The number of nitrogens with two attached hydrogens (primary N) is 2.